The summed E-state index contributed by atoms with van der Waals surface area (Å²) in [6.45, 7) is 3.32. The van der Waals surface area contributed by atoms with Gasteiger partial charge in [0.2, 0.25) is 0 Å². The SMILES string of the molecule is CCOC(=O)c1cc(-c2ccc(C(F)(F)F)cc2)[nH]c1-c1ccc(C(C)=O)cc1. The van der Waals surface area contributed by atoms with Crippen molar-refractivity contribution in [2.75, 3.05) is 6.61 Å². The number of alkyl halides is 3. The van der Waals surface area contributed by atoms with Crippen molar-refractivity contribution in [2.24, 2.45) is 0 Å². The largest absolute Gasteiger partial charge is 0.462 e. The number of H-pyrrole nitrogens is 1. The molecule has 150 valence electrons. The molecule has 0 aliphatic rings. The number of aromatic amines is 1. The number of hydrogen-bond donors (Lipinski definition) is 1. The average Bonchev–Trinajstić information content (AvgIpc) is 3.13. The molecule has 0 amide bonds. The number of carbonyl (C=O) groups is 2. The van der Waals surface area contributed by atoms with E-state index >= 15 is 0 Å². The van der Waals surface area contributed by atoms with E-state index in [1.165, 1.54) is 19.1 Å². The number of rotatable bonds is 5. The summed E-state index contributed by atoms with van der Waals surface area (Å²) in [6, 6.07) is 12.9. The number of Topliss-reactive ketones (excluding diaryl/α,β-unsaturated/α-hetero) is 1. The fraction of sp³-hybridized carbons (Fsp3) is 0.182. The molecule has 7 heteroatoms. The second kappa shape index (κ2) is 7.95. The maximum atomic E-state index is 12.8. The quantitative estimate of drug-likeness (QED) is 0.438. The third kappa shape index (κ3) is 4.39. The smallest absolute Gasteiger partial charge is 0.416 e. The minimum absolute atomic E-state index is 0.0842. The van der Waals surface area contributed by atoms with Gasteiger partial charge in [0, 0.05) is 11.3 Å². The number of hydrogen-bond acceptors (Lipinski definition) is 3. The van der Waals surface area contributed by atoms with Crippen molar-refractivity contribution in [1.82, 2.24) is 4.98 Å². The molecule has 0 fully saturated rings. The maximum absolute atomic E-state index is 12.8. The van der Waals surface area contributed by atoms with Gasteiger partial charge in [-0.1, -0.05) is 36.4 Å². The molecule has 0 radical (unpaired) electrons. The molecule has 0 aliphatic carbocycles. The molecule has 4 nitrogen and oxygen atoms in total. The van der Waals surface area contributed by atoms with Crippen LogP contribution in [0.25, 0.3) is 22.5 Å². The van der Waals surface area contributed by atoms with Crippen molar-refractivity contribution in [3.8, 4) is 22.5 Å². The highest BCUT2D eigenvalue weighted by molar-refractivity contribution is 5.99. The Morgan fingerprint density at radius 2 is 1.55 bits per heavy atom. The zero-order valence-electron chi connectivity index (χ0n) is 15.8. The van der Waals surface area contributed by atoms with Gasteiger partial charge in [0.1, 0.15) is 0 Å². The Morgan fingerprint density at radius 3 is 2.07 bits per heavy atom. The lowest BCUT2D eigenvalue weighted by molar-refractivity contribution is -0.137. The standard InChI is InChI=1S/C22H18F3NO3/c1-3-29-21(28)18-12-19(15-8-10-17(11-9-15)22(23,24)25)26-20(18)16-6-4-14(5-7-16)13(2)27/h4-12,26H,3H2,1-2H3. The van der Waals surface area contributed by atoms with Gasteiger partial charge in [-0.3, -0.25) is 4.79 Å². The fourth-order valence-corrected chi connectivity index (χ4v) is 2.92. The van der Waals surface area contributed by atoms with Crippen LogP contribution >= 0.6 is 0 Å². The van der Waals surface area contributed by atoms with E-state index < -0.39 is 17.7 Å². The van der Waals surface area contributed by atoms with Crippen LogP contribution < -0.4 is 0 Å². The van der Waals surface area contributed by atoms with Gasteiger partial charge in [0.15, 0.2) is 5.78 Å². The molecule has 1 aromatic heterocycles. The van der Waals surface area contributed by atoms with Crippen LogP contribution in [-0.4, -0.2) is 23.3 Å². The van der Waals surface area contributed by atoms with Gasteiger partial charge in [-0.2, -0.15) is 13.2 Å². The molecule has 0 atom stereocenters. The summed E-state index contributed by atoms with van der Waals surface area (Å²) in [5, 5.41) is 0. The van der Waals surface area contributed by atoms with Crippen LogP contribution in [0.15, 0.2) is 54.6 Å². The van der Waals surface area contributed by atoms with Crippen molar-refractivity contribution in [3.63, 3.8) is 0 Å². The molecule has 2 aromatic carbocycles. The summed E-state index contributed by atoms with van der Waals surface area (Å²) in [5.41, 5.74) is 2.13. The second-order valence-electron chi connectivity index (χ2n) is 6.40. The minimum atomic E-state index is -4.42. The Kier molecular flexibility index (Phi) is 5.59. The maximum Gasteiger partial charge on any atom is 0.416 e. The number of ether oxygens (including phenoxy) is 1. The molecule has 1 heterocycles. The average molecular weight is 401 g/mol. The molecule has 0 saturated carbocycles. The van der Waals surface area contributed by atoms with E-state index in [9.17, 15) is 22.8 Å². The molecule has 0 bridgehead atoms. The van der Waals surface area contributed by atoms with Crippen LogP contribution in [0, 0.1) is 0 Å². The van der Waals surface area contributed by atoms with Crippen molar-refractivity contribution in [2.45, 2.75) is 20.0 Å². The van der Waals surface area contributed by atoms with Gasteiger partial charge in [-0.25, -0.2) is 4.79 Å². The molecule has 0 saturated heterocycles. The van der Waals surface area contributed by atoms with Crippen molar-refractivity contribution < 1.29 is 27.5 Å². The first-order valence-corrected chi connectivity index (χ1v) is 8.90. The lowest BCUT2D eigenvalue weighted by Crippen LogP contribution is -2.05. The van der Waals surface area contributed by atoms with E-state index in [2.05, 4.69) is 4.98 Å². The number of nitrogens with one attached hydrogen (secondary N) is 1. The monoisotopic (exact) mass is 401 g/mol. The van der Waals surface area contributed by atoms with Gasteiger partial charge in [-0.05, 0) is 43.2 Å². The molecule has 29 heavy (non-hydrogen) atoms. The first-order valence-electron chi connectivity index (χ1n) is 8.90. The van der Waals surface area contributed by atoms with Gasteiger partial charge < -0.3 is 9.72 Å². The summed E-state index contributed by atoms with van der Waals surface area (Å²) in [7, 11) is 0. The topological polar surface area (TPSA) is 59.2 Å². The summed E-state index contributed by atoms with van der Waals surface area (Å²) in [5.74, 6) is -0.633. The van der Waals surface area contributed by atoms with Crippen LogP contribution in [0.3, 0.4) is 0 Å². The van der Waals surface area contributed by atoms with Crippen molar-refractivity contribution in [1.29, 1.82) is 0 Å². The molecule has 1 N–H and O–H groups in total. The molecule has 0 unspecified atom stereocenters. The number of benzene rings is 2. The number of esters is 1. The molecular weight excluding hydrogens is 383 g/mol. The third-order valence-electron chi connectivity index (χ3n) is 4.42. The van der Waals surface area contributed by atoms with Crippen molar-refractivity contribution >= 4 is 11.8 Å². The Labute approximate surface area is 165 Å². The number of halogens is 3. The van der Waals surface area contributed by atoms with Gasteiger partial charge in [-0.15, -0.1) is 0 Å². The predicted octanol–water partition coefficient (Wildman–Crippen LogP) is 5.75. The number of aromatic nitrogens is 1. The molecule has 3 aromatic rings. The van der Waals surface area contributed by atoms with Crippen LogP contribution in [0.5, 0.6) is 0 Å². The van der Waals surface area contributed by atoms with E-state index in [1.54, 1.807) is 37.3 Å². The van der Waals surface area contributed by atoms with E-state index in [1.807, 2.05) is 0 Å². The molecule has 0 spiro atoms. The van der Waals surface area contributed by atoms with Crippen molar-refractivity contribution in [3.05, 3.63) is 71.3 Å². The Bertz CT molecular complexity index is 1030. The first-order chi connectivity index (χ1) is 13.7. The fourth-order valence-electron chi connectivity index (χ4n) is 2.92. The molecule has 0 aliphatic heterocycles. The van der Waals surface area contributed by atoms with Crippen LogP contribution in [0.1, 0.15) is 40.1 Å². The third-order valence-corrected chi connectivity index (χ3v) is 4.42. The Morgan fingerprint density at radius 1 is 0.966 bits per heavy atom. The minimum Gasteiger partial charge on any atom is -0.462 e. The molecular formula is C22H18F3NO3. The van der Waals surface area contributed by atoms with E-state index in [-0.39, 0.29) is 18.0 Å². The van der Waals surface area contributed by atoms with Crippen LogP contribution in [-0.2, 0) is 10.9 Å². The molecule has 3 rings (SSSR count). The van der Waals surface area contributed by atoms with Gasteiger partial charge in [0.25, 0.3) is 0 Å². The van der Waals surface area contributed by atoms with E-state index in [0.717, 1.165) is 12.1 Å². The zero-order chi connectivity index (χ0) is 21.2. The van der Waals surface area contributed by atoms with E-state index in [4.69, 9.17) is 4.74 Å². The second-order valence-corrected chi connectivity index (χ2v) is 6.40. The number of carbonyl (C=O) groups excluding carboxylic acids is 2. The first kappa shape index (κ1) is 20.4. The Hall–Kier alpha value is -3.35. The normalized spacial score (nSPS) is 11.3. The van der Waals surface area contributed by atoms with E-state index in [0.29, 0.717) is 28.1 Å². The summed E-state index contributed by atoms with van der Waals surface area (Å²) < 4.78 is 43.5. The zero-order valence-corrected chi connectivity index (χ0v) is 15.8. The van der Waals surface area contributed by atoms with Crippen LogP contribution in [0.2, 0.25) is 0 Å². The summed E-state index contributed by atoms with van der Waals surface area (Å²) >= 11 is 0. The highest BCUT2D eigenvalue weighted by Crippen LogP contribution is 2.33. The van der Waals surface area contributed by atoms with Gasteiger partial charge in [0.05, 0.1) is 23.4 Å². The summed E-state index contributed by atoms with van der Waals surface area (Å²) in [6.07, 6.45) is -4.42. The summed E-state index contributed by atoms with van der Waals surface area (Å²) in [4.78, 5) is 27.0. The highest BCUT2D eigenvalue weighted by Gasteiger charge is 2.30. The lowest BCUT2D eigenvalue weighted by Gasteiger charge is -2.07. The number of ketones is 1. The van der Waals surface area contributed by atoms with Gasteiger partial charge >= 0.3 is 12.1 Å². The lowest BCUT2D eigenvalue weighted by atomic mass is 10.0. The Balaban J connectivity index is 2.05. The predicted molar refractivity (Wildman–Crippen MR) is 103 cm³/mol. The van der Waals surface area contributed by atoms with Crippen LogP contribution in [0.4, 0.5) is 13.2 Å². The highest BCUT2D eigenvalue weighted by atomic mass is 19.4.